The maximum Gasteiger partial charge on any atom is 0.262 e. The predicted octanol–water partition coefficient (Wildman–Crippen LogP) is 1.19. The van der Waals surface area contributed by atoms with Gasteiger partial charge in [-0.1, -0.05) is 0 Å². The lowest BCUT2D eigenvalue weighted by Crippen LogP contribution is -2.38. The van der Waals surface area contributed by atoms with Gasteiger partial charge in [0.1, 0.15) is 29.6 Å². The van der Waals surface area contributed by atoms with Crippen LogP contribution in [0.15, 0.2) is 23.3 Å². The van der Waals surface area contributed by atoms with Gasteiger partial charge in [-0.05, 0) is 0 Å². The second-order valence-corrected chi connectivity index (χ2v) is 6.78. The van der Waals surface area contributed by atoms with Crippen molar-refractivity contribution in [1.82, 2.24) is 14.9 Å². The molecule has 0 atom stereocenters. The number of nitrogens with zero attached hydrogens (tertiary/aromatic N) is 2. The zero-order chi connectivity index (χ0) is 18.5. The van der Waals surface area contributed by atoms with Crippen molar-refractivity contribution in [2.75, 3.05) is 52.7 Å². The normalized spacial score (nSPS) is 19.3. The number of morpholine rings is 1. The van der Waals surface area contributed by atoms with Gasteiger partial charge in [0.05, 0.1) is 38.3 Å². The topological polar surface area (TPSA) is 85.9 Å². The Balaban J connectivity index is 1.51. The molecular weight excluding hydrogens is 350 g/mol. The average Bonchev–Trinajstić information content (AvgIpc) is 2.69. The zero-order valence-electron chi connectivity index (χ0n) is 15.3. The molecule has 4 rings (SSSR count). The second kappa shape index (κ2) is 8.69. The van der Waals surface area contributed by atoms with Crippen LogP contribution in [0.25, 0.3) is 10.9 Å². The van der Waals surface area contributed by atoms with Crippen LogP contribution >= 0.6 is 0 Å². The van der Waals surface area contributed by atoms with Gasteiger partial charge in [0, 0.05) is 44.6 Å². The lowest BCUT2D eigenvalue weighted by molar-refractivity contribution is 0.0259. The summed E-state index contributed by atoms with van der Waals surface area (Å²) >= 11 is 0. The highest BCUT2D eigenvalue weighted by Crippen LogP contribution is 2.30. The summed E-state index contributed by atoms with van der Waals surface area (Å²) in [4.78, 5) is 21.5. The predicted molar refractivity (Wildman–Crippen MR) is 99.6 cm³/mol. The number of fused-ring (bicyclic) bond motifs is 1. The molecule has 2 aromatic rings. The Bertz CT molecular complexity index is 813. The smallest absolute Gasteiger partial charge is 0.262 e. The van der Waals surface area contributed by atoms with Gasteiger partial charge < -0.3 is 23.9 Å². The van der Waals surface area contributed by atoms with Crippen LogP contribution in [0.3, 0.4) is 0 Å². The number of benzene rings is 1. The van der Waals surface area contributed by atoms with Gasteiger partial charge in [-0.15, -0.1) is 0 Å². The van der Waals surface area contributed by atoms with Crippen molar-refractivity contribution >= 4 is 10.9 Å². The minimum absolute atomic E-state index is 0.0326. The number of hydrogen-bond donors (Lipinski definition) is 1. The van der Waals surface area contributed by atoms with E-state index in [-0.39, 0.29) is 11.7 Å². The van der Waals surface area contributed by atoms with Crippen molar-refractivity contribution in [2.24, 2.45) is 0 Å². The molecule has 146 valence electrons. The molecule has 1 N–H and O–H groups in total. The Morgan fingerprint density at radius 2 is 1.93 bits per heavy atom. The molecule has 8 nitrogen and oxygen atoms in total. The second-order valence-electron chi connectivity index (χ2n) is 6.78. The number of aromatic nitrogens is 2. The van der Waals surface area contributed by atoms with E-state index in [4.69, 9.17) is 18.9 Å². The fourth-order valence-electron chi connectivity index (χ4n) is 3.41. The SMILES string of the molecule is O=c1[nH]cnc2cc(OCCN3CCOCC3)cc(OC3CCOCC3)c12. The minimum Gasteiger partial charge on any atom is -0.492 e. The van der Waals surface area contributed by atoms with Crippen LogP contribution in [0, 0.1) is 0 Å². The molecular formula is C19H25N3O5. The van der Waals surface area contributed by atoms with Crippen LogP contribution in [-0.2, 0) is 9.47 Å². The van der Waals surface area contributed by atoms with E-state index >= 15 is 0 Å². The van der Waals surface area contributed by atoms with Crippen LogP contribution in [0.1, 0.15) is 12.8 Å². The van der Waals surface area contributed by atoms with Gasteiger partial charge in [-0.2, -0.15) is 0 Å². The first kappa shape index (κ1) is 18.2. The van der Waals surface area contributed by atoms with E-state index in [2.05, 4.69) is 14.9 Å². The Kier molecular flexibility index (Phi) is 5.86. The molecule has 8 heteroatoms. The summed E-state index contributed by atoms with van der Waals surface area (Å²) in [5.41, 5.74) is 0.367. The summed E-state index contributed by atoms with van der Waals surface area (Å²) in [6.07, 6.45) is 3.05. The molecule has 0 unspecified atom stereocenters. The minimum atomic E-state index is -0.207. The van der Waals surface area contributed by atoms with E-state index in [0.29, 0.717) is 42.2 Å². The largest absolute Gasteiger partial charge is 0.492 e. The van der Waals surface area contributed by atoms with Crippen molar-refractivity contribution in [2.45, 2.75) is 18.9 Å². The quantitative estimate of drug-likeness (QED) is 0.812. The lowest BCUT2D eigenvalue weighted by atomic mass is 10.1. The van der Waals surface area contributed by atoms with Gasteiger partial charge in [0.15, 0.2) is 0 Å². The number of nitrogens with one attached hydrogen (secondary N) is 1. The highest BCUT2D eigenvalue weighted by atomic mass is 16.5. The Hall–Kier alpha value is -2.16. The van der Waals surface area contributed by atoms with E-state index < -0.39 is 0 Å². The van der Waals surface area contributed by atoms with E-state index in [1.165, 1.54) is 6.33 Å². The molecule has 2 saturated heterocycles. The number of aromatic amines is 1. The van der Waals surface area contributed by atoms with E-state index in [1.54, 1.807) is 12.1 Å². The molecule has 0 amide bonds. The number of H-pyrrole nitrogens is 1. The third kappa shape index (κ3) is 4.58. The Morgan fingerprint density at radius 3 is 2.74 bits per heavy atom. The summed E-state index contributed by atoms with van der Waals surface area (Å²) in [5, 5.41) is 0.463. The standard InChI is InChI=1S/C19H25N3O5/c23-19-18-16(20-13-21-19)11-15(26-10-5-22-3-8-25-9-4-22)12-17(18)27-14-1-6-24-7-2-14/h11-14H,1-10H2,(H,20,21,23). The van der Waals surface area contributed by atoms with Crippen molar-refractivity contribution in [1.29, 1.82) is 0 Å². The molecule has 0 saturated carbocycles. The molecule has 1 aromatic carbocycles. The van der Waals surface area contributed by atoms with Crippen LogP contribution < -0.4 is 15.0 Å². The van der Waals surface area contributed by atoms with Gasteiger partial charge in [-0.25, -0.2) is 4.98 Å². The molecule has 0 spiro atoms. The molecule has 0 radical (unpaired) electrons. The molecule has 2 aliphatic rings. The van der Waals surface area contributed by atoms with Crippen molar-refractivity contribution < 1.29 is 18.9 Å². The maximum atomic E-state index is 12.3. The Labute approximate surface area is 157 Å². The van der Waals surface area contributed by atoms with Gasteiger partial charge in [0.2, 0.25) is 0 Å². The first-order valence-electron chi connectivity index (χ1n) is 9.48. The molecule has 2 aliphatic heterocycles. The molecule has 1 aromatic heterocycles. The number of rotatable bonds is 6. The van der Waals surface area contributed by atoms with Crippen LogP contribution in [0.5, 0.6) is 11.5 Å². The molecule has 2 fully saturated rings. The van der Waals surface area contributed by atoms with Crippen LogP contribution in [0.4, 0.5) is 0 Å². The lowest BCUT2D eigenvalue weighted by Gasteiger charge is -2.26. The summed E-state index contributed by atoms with van der Waals surface area (Å²) in [6.45, 7) is 6.13. The van der Waals surface area contributed by atoms with Crippen LogP contribution in [0.2, 0.25) is 0 Å². The van der Waals surface area contributed by atoms with Crippen LogP contribution in [-0.4, -0.2) is 73.6 Å². The van der Waals surface area contributed by atoms with E-state index in [9.17, 15) is 4.79 Å². The third-order valence-electron chi connectivity index (χ3n) is 4.92. The summed E-state index contributed by atoms with van der Waals surface area (Å²) in [5.74, 6) is 1.19. The highest BCUT2D eigenvalue weighted by Gasteiger charge is 2.19. The Morgan fingerprint density at radius 1 is 1.15 bits per heavy atom. The molecule has 3 heterocycles. The highest BCUT2D eigenvalue weighted by molar-refractivity contribution is 5.85. The first-order chi connectivity index (χ1) is 13.3. The average molecular weight is 375 g/mol. The van der Waals surface area contributed by atoms with Crippen molar-refractivity contribution in [3.05, 3.63) is 28.8 Å². The van der Waals surface area contributed by atoms with Crippen molar-refractivity contribution in [3.8, 4) is 11.5 Å². The van der Waals surface area contributed by atoms with Gasteiger partial charge in [0.25, 0.3) is 5.56 Å². The molecule has 0 aliphatic carbocycles. The summed E-state index contributed by atoms with van der Waals surface area (Å²) in [7, 11) is 0. The summed E-state index contributed by atoms with van der Waals surface area (Å²) < 4.78 is 22.8. The van der Waals surface area contributed by atoms with Gasteiger partial charge >= 0.3 is 0 Å². The van der Waals surface area contributed by atoms with E-state index in [1.807, 2.05) is 0 Å². The fourth-order valence-corrected chi connectivity index (χ4v) is 3.41. The number of hydrogen-bond acceptors (Lipinski definition) is 7. The summed E-state index contributed by atoms with van der Waals surface area (Å²) in [6, 6.07) is 3.59. The molecule has 0 bridgehead atoms. The zero-order valence-corrected chi connectivity index (χ0v) is 15.3. The van der Waals surface area contributed by atoms with Crippen molar-refractivity contribution in [3.63, 3.8) is 0 Å². The maximum absolute atomic E-state index is 12.3. The molecule has 27 heavy (non-hydrogen) atoms. The monoisotopic (exact) mass is 375 g/mol. The number of ether oxygens (including phenoxy) is 4. The fraction of sp³-hybridized carbons (Fsp3) is 0.579. The third-order valence-corrected chi connectivity index (χ3v) is 4.92. The van der Waals surface area contributed by atoms with E-state index in [0.717, 1.165) is 45.7 Å². The first-order valence-corrected chi connectivity index (χ1v) is 9.48. The van der Waals surface area contributed by atoms with Gasteiger partial charge in [-0.3, -0.25) is 9.69 Å².